The Labute approximate surface area is 121 Å². The van der Waals surface area contributed by atoms with Crippen LogP contribution >= 0.6 is 0 Å². The third-order valence-electron chi connectivity index (χ3n) is 3.77. The van der Waals surface area contributed by atoms with E-state index in [0.717, 1.165) is 32.1 Å². The Morgan fingerprint density at radius 1 is 0.900 bits per heavy atom. The van der Waals surface area contributed by atoms with Gasteiger partial charge in [0.05, 0.1) is 11.0 Å². The highest BCUT2D eigenvalue weighted by Gasteiger charge is 2.44. The molecule has 0 heterocycles. The van der Waals surface area contributed by atoms with E-state index in [1.807, 2.05) is 13.8 Å². The summed E-state index contributed by atoms with van der Waals surface area (Å²) in [7, 11) is 0. The van der Waals surface area contributed by atoms with Crippen LogP contribution in [0.1, 0.15) is 72.6 Å². The summed E-state index contributed by atoms with van der Waals surface area (Å²) in [6, 6.07) is 0. The predicted molar refractivity (Wildman–Crippen MR) is 79.7 cm³/mol. The van der Waals surface area contributed by atoms with E-state index in [2.05, 4.69) is 0 Å². The van der Waals surface area contributed by atoms with Crippen LogP contribution in [-0.2, 0) is 9.59 Å². The molecule has 0 aromatic heterocycles. The quantitative estimate of drug-likeness (QED) is 0.464. The van der Waals surface area contributed by atoms with Crippen LogP contribution < -0.4 is 0 Å². The van der Waals surface area contributed by atoms with Gasteiger partial charge in [-0.15, -0.1) is 0 Å². The third-order valence-corrected chi connectivity index (χ3v) is 3.77. The largest absolute Gasteiger partial charge is 0.481 e. The zero-order valence-corrected chi connectivity index (χ0v) is 13.2. The van der Waals surface area contributed by atoms with Crippen LogP contribution in [0, 0.1) is 5.41 Å². The molecular formula is C16H28O4. The van der Waals surface area contributed by atoms with Crippen molar-refractivity contribution in [2.45, 2.75) is 72.6 Å². The third kappa shape index (κ3) is 4.66. The van der Waals surface area contributed by atoms with Gasteiger partial charge in [0.15, 0.2) is 0 Å². The van der Waals surface area contributed by atoms with E-state index >= 15 is 0 Å². The molecule has 1 atom stereocenters. The Hall–Kier alpha value is -1.32. The number of unbranched alkanes of at least 4 members (excludes halogenated alkanes) is 3. The van der Waals surface area contributed by atoms with Gasteiger partial charge in [-0.05, 0) is 26.7 Å². The number of hydrogen-bond donors (Lipinski definition) is 2. The van der Waals surface area contributed by atoms with Crippen LogP contribution in [0.15, 0.2) is 11.1 Å². The number of rotatable bonds is 10. The molecule has 0 aromatic rings. The molecular weight excluding hydrogens is 256 g/mol. The Morgan fingerprint density at radius 3 is 1.75 bits per heavy atom. The molecule has 0 aliphatic carbocycles. The molecule has 0 bridgehead atoms. The van der Waals surface area contributed by atoms with Crippen molar-refractivity contribution in [3.63, 3.8) is 0 Å². The van der Waals surface area contributed by atoms with E-state index in [0.29, 0.717) is 18.4 Å². The topological polar surface area (TPSA) is 74.6 Å². The van der Waals surface area contributed by atoms with Crippen molar-refractivity contribution in [2.75, 3.05) is 0 Å². The summed E-state index contributed by atoms with van der Waals surface area (Å²) in [5, 5.41) is 19.2. The van der Waals surface area contributed by atoms with Crippen molar-refractivity contribution in [3.8, 4) is 0 Å². The number of hydrogen-bond acceptors (Lipinski definition) is 2. The number of allylic oxidation sites excluding steroid dienone is 1. The summed E-state index contributed by atoms with van der Waals surface area (Å²) in [5.74, 6) is -2.10. The van der Waals surface area contributed by atoms with Crippen LogP contribution in [0.5, 0.6) is 0 Å². The van der Waals surface area contributed by atoms with Crippen molar-refractivity contribution in [3.05, 3.63) is 11.1 Å². The number of carboxylic acids is 2. The van der Waals surface area contributed by atoms with Crippen molar-refractivity contribution < 1.29 is 19.8 Å². The van der Waals surface area contributed by atoms with Gasteiger partial charge in [0.25, 0.3) is 0 Å². The molecule has 0 saturated heterocycles. The van der Waals surface area contributed by atoms with Gasteiger partial charge in [-0.25, -0.2) is 4.79 Å². The van der Waals surface area contributed by atoms with E-state index in [1.54, 1.807) is 13.8 Å². The van der Waals surface area contributed by atoms with Gasteiger partial charge in [-0.3, -0.25) is 4.79 Å². The first-order chi connectivity index (χ1) is 9.33. The molecule has 0 aliphatic rings. The zero-order valence-electron chi connectivity index (χ0n) is 13.2. The Kier molecular flexibility index (Phi) is 8.19. The predicted octanol–water partition coefficient (Wildman–Crippen LogP) is 4.25. The van der Waals surface area contributed by atoms with E-state index in [4.69, 9.17) is 0 Å². The van der Waals surface area contributed by atoms with Crippen LogP contribution in [0.3, 0.4) is 0 Å². The Balaban J connectivity index is 5.64. The molecule has 0 amide bonds. The monoisotopic (exact) mass is 284 g/mol. The second kappa shape index (κ2) is 8.77. The lowest BCUT2D eigenvalue weighted by molar-refractivity contribution is -0.151. The first kappa shape index (κ1) is 18.7. The van der Waals surface area contributed by atoms with E-state index in [1.165, 1.54) is 0 Å². The summed E-state index contributed by atoms with van der Waals surface area (Å²) in [6.07, 6.45) is 5.05. The minimum atomic E-state index is -1.24. The molecule has 0 aromatic carbocycles. The Bertz CT molecular complexity index is 367. The van der Waals surface area contributed by atoms with Crippen molar-refractivity contribution in [1.82, 2.24) is 0 Å². The second-order valence-corrected chi connectivity index (χ2v) is 5.63. The van der Waals surface area contributed by atoms with Crippen LogP contribution in [-0.4, -0.2) is 22.2 Å². The number of carbonyl (C=O) groups is 2. The van der Waals surface area contributed by atoms with E-state index in [9.17, 15) is 19.8 Å². The fourth-order valence-electron chi connectivity index (χ4n) is 2.75. The summed E-state index contributed by atoms with van der Waals surface area (Å²) in [5.41, 5.74) is -0.572. The fourth-order valence-corrected chi connectivity index (χ4v) is 2.75. The molecule has 2 N–H and O–H groups in total. The van der Waals surface area contributed by atoms with Crippen molar-refractivity contribution in [2.24, 2.45) is 5.41 Å². The standard InChI is InChI=1S/C16H28O4/c1-5-7-9-11-16(15(19)20,10-8-6-2)13(12(3)4)14(17)18/h5-11H2,1-4H3,(H,17,18)(H,19,20). The molecule has 20 heavy (non-hydrogen) atoms. The lowest BCUT2D eigenvalue weighted by Gasteiger charge is -2.31. The molecule has 0 fully saturated rings. The highest BCUT2D eigenvalue weighted by molar-refractivity contribution is 5.97. The average Bonchev–Trinajstić information content (AvgIpc) is 2.34. The highest BCUT2D eigenvalue weighted by atomic mass is 16.4. The van der Waals surface area contributed by atoms with Gasteiger partial charge in [0.2, 0.25) is 0 Å². The molecule has 116 valence electrons. The van der Waals surface area contributed by atoms with Gasteiger partial charge in [0.1, 0.15) is 0 Å². The summed E-state index contributed by atoms with van der Waals surface area (Å²) in [4.78, 5) is 23.4. The average molecular weight is 284 g/mol. The normalized spacial score (nSPS) is 13.6. The second-order valence-electron chi connectivity index (χ2n) is 5.63. The summed E-state index contributed by atoms with van der Waals surface area (Å²) < 4.78 is 0. The maximum atomic E-state index is 11.9. The molecule has 0 saturated carbocycles. The van der Waals surface area contributed by atoms with Gasteiger partial charge in [-0.1, -0.05) is 51.5 Å². The van der Waals surface area contributed by atoms with Crippen molar-refractivity contribution in [1.29, 1.82) is 0 Å². The van der Waals surface area contributed by atoms with E-state index in [-0.39, 0.29) is 5.57 Å². The fraction of sp³-hybridized carbons (Fsp3) is 0.750. The first-order valence-corrected chi connectivity index (χ1v) is 7.48. The van der Waals surface area contributed by atoms with Gasteiger partial charge < -0.3 is 10.2 Å². The Morgan fingerprint density at radius 2 is 1.40 bits per heavy atom. The van der Waals surface area contributed by atoms with Gasteiger partial charge in [0, 0.05) is 0 Å². The SMILES string of the molecule is CCCCCC(CCCC)(C(=O)O)C(C(=O)O)=C(C)C. The highest BCUT2D eigenvalue weighted by Crippen LogP contribution is 2.41. The lowest BCUT2D eigenvalue weighted by atomic mass is 9.70. The van der Waals surface area contributed by atoms with E-state index < -0.39 is 17.4 Å². The molecule has 4 nitrogen and oxygen atoms in total. The maximum Gasteiger partial charge on any atom is 0.332 e. The smallest absolute Gasteiger partial charge is 0.332 e. The molecule has 1 unspecified atom stereocenters. The molecule has 0 radical (unpaired) electrons. The first-order valence-electron chi connectivity index (χ1n) is 7.48. The summed E-state index contributed by atoms with van der Waals surface area (Å²) in [6.45, 7) is 7.41. The van der Waals surface area contributed by atoms with Crippen LogP contribution in [0.4, 0.5) is 0 Å². The molecule has 4 heteroatoms. The van der Waals surface area contributed by atoms with Crippen LogP contribution in [0.25, 0.3) is 0 Å². The maximum absolute atomic E-state index is 11.9. The number of aliphatic carboxylic acids is 2. The zero-order chi connectivity index (χ0) is 15.8. The molecule has 0 rings (SSSR count). The van der Waals surface area contributed by atoms with Gasteiger partial charge in [-0.2, -0.15) is 0 Å². The minimum absolute atomic E-state index is 0.0783. The lowest BCUT2D eigenvalue weighted by Crippen LogP contribution is -2.37. The van der Waals surface area contributed by atoms with Crippen molar-refractivity contribution >= 4 is 11.9 Å². The number of carboxylic acid groups (broad SMARTS) is 2. The van der Waals surface area contributed by atoms with Gasteiger partial charge >= 0.3 is 11.9 Å². The van der Waals surface area contributed by atoms with Crippen LogP contribution in [0.2, 0.25) is 0 Å². The summed E-state index contributed by atoms with van der Waals surface area (Å²) >= 11 is 0. The molecule has 0 aliphatic heterocycles. The molecule has 0 spiro atoms. The minimum Gasteiger partial charge on any atom is -0.481 e.